The van der Waals surface area contributed by atoms with Crippen molar-refractivity contribution in [3.63, 3.8) is 0 Å². The fourth-order valence-electron chi connectivity index (χ4n) is 2.08. The Kier molecular flexibility index (Phi) is 5.33. The van der Waals surface area contributed by atoms with Crippen LogP contribution >= 0.6 is 11.6 Å². The lowest BCUT2D eigenvalue weighted by Gasteiger charge is -2.17. The highest BCUT2D eigenvalue weighted by atomic mass is 35.5. The molecule has 0 aliphatic heterocycles. The standard InChI is InChI=1S/C16H14ClNO5/c17-12-3-1-2-11(16(22)23)13(12)14(19)18-8-9-4-6-10(7-5-9)15(20)21/h1-7,14,18-19H,8H2,(H,20,21)(H,22,23). The van der Waals surface area contributed by atoms with E-state index in [1.165, 1.54) is 30.3 Å². The van der Waals surface area contributed by atoms with E-state index in [2.05, 4.69) is 5.32 Å². The van der Waals surface area contributed by atoms with Gasteiger partial charge < -0.3 is 15.3 Å². The van der Waals surface area contributed by atoms with Crippen LogP contribution in [-0.4, -0.2) is 27.3 Å². The summed E-state index contributed by atoms with van der Waals surface area (Å²) < 4.78 is 0. The van der Waals surface area contributed by atoms with Crippen LogP contribution in [0.1, 0.15) is 38.1 Å². The van der Waals surface area contributed by atoms with Crippen LogP contribution in [0, 0.1) is 0 Å². The zero-order chi connectivity index (χ0) is 17.0. The minimum atomic E-state index is -1.27. The highest BCUT2D eigenvalue weighted by Crippen LogP contribution is 2.25. The van der Waals surface area contributed by atoms with E-state index < -0.39 is 18.2 Å². The molecule has 2 rings (SSSR count). The van der Waals surface area contributed by atoms with Gasteiger partial charge in [-0.2, -0.15) is 0 Å². The Morgan fingerprint density at radius 3 is 2.26 bits per heavy atom. The van der Waals surface area contributed by atoms with Gasteiger partial charge in [0, 0.05) is 17.1 Å². The Morgan fingerprint density at radius 1 is 1.04 bits per heavy atom. The van der Waals surface area contributed by atoms with Gasteiger partial charge in [-0.05, 0) is 29.8 Å². The van der Waals surface area contributed by atoms with Crippen molar-refractivity contribution >= 4 is 23.5 Å². The fraction of sp³-hybridized carbons (Fsp3) is 0.125. The van der Waals surface area contributed by atoms with E-state index in [1.54, 1.807) is 12.1 Å². The molecule has 2 aromatic rings. The number of benzene rings is 2. The second-order valence-electron chi connectivity index (χ2n) is 4.79. The molecule has 0 aliphatic carbocycles. The van der Waals surface area contributed by atoms with Crippen LogP contribution in [0.15, 0.2) is 42.5 Å². The zero-order valence-corrected chi connectivity index (χ0v) is 12.6. The number of carboxylic acid groups (broad SMARTS) is 2. The van der Waals surface area contributed by atoms with Crippen molar-refractivity contribution < 1.29 is 24.9 Å². The van der Waals surface area contributed by atoms with Gasteiger partial charge in [0.2, 0.25) is 0 Å². The van der Waals surface area contributed by atoms with Gasteiger partial charge in [-0.15, -0.1) is 0 Å². The first-order valence-electron chi connectivity index (χ1n) is 6.65. The summed E-state index contributed by atoms with van der Waals surface area (Å²) in [5.74, 6) is -2.21. The molecular formula is C16H14ClNO5. The molecule has 0 aromatic heterocycles. The first kappa shape index (κ1) is 17.0. The SMILES string of the molecule is O=C(O)c1ccc(CNC(O)c2c(Cl)cccc2C(=O)O)cc1. The summed E-state index contributed by atoms with van der Waals surface area (Å²) in [6.45, 7) is 0.214. The average Bonchev–Trinajstić information content (AvgIpc) is 2.52. The molecule has 0 bridgehead atoms. The molecule has 120 valence electrons. The number of halogens is 1. The van der Waals surface area contributed by atoms with Crippen LogP contribution < -0.4 is 5.32 Å². The van der Waals surface area contributed by atoms with Crippen molar-refractivity contribution in [2.45, 2.75) is 12.8 Å². The molecule has 0 saturated carbocycles. The van der Waals surface area contributed by atoms with E-state index in [1.807, 2.05) is 0 Å². The van der Waals surface area contributed by atoms with Gasteiger partial charge in [-0.3, -0.25) is 5.32 Å². The number of carbonyl (C=O) groups is 2. The first-order valence-corrected chi connectivity index (χ1v) is 7.03. The van der Waals surface area contributed by atoms with Crippen molar-refractivity contribution in [1.82, 2.24) is 5.32 Å². The highest BCUT2D eigenvalue weighted by molar-refractivity contribution is 6.31. The van der Waals surface area contributed by atoms with E-state index in [4.69, 9.17) is 21.8 Å². The molecular weight excluding hydrogens is 322 g/mol. The smallest absolute Gasteiger partial charge is 0.336 e. The summed E-state index contributed by atoms with van der Waals surface area (Å²) >= 11 is 5.98. The van der Waals surface area contributed by atoms with Crippen LogP contribution in [0.5, 0.6) is 0 Å². The van der Waals surface area contributed by atoms with Crippen molar-refractivity contribution in [2.24, 2.45) is 0 Å². The maximum absolute atomic E-state index is 11.2. The van der Waals surface area contributed by atoms with Crippen molar-refractivity contribution in [3.05, 3.63) is 69.7 Å². The molecule has 0 heterocycles. The van der Waals surface area contributed by atoms with E-state index in [9.17, 15) is 14.7 Å². The monoisotopic (exact) mass is 335 g/mol. The summed E-state index contributed by atoms with van der Waals surface area (Å²) in [7, 11) is 0. The van der Waals surface area contributed by atoms with Gasteiger partial charge >= 0.3 is 11.9 Å². The number of aromatic carboxylic acids is 2. The third kappa shape index (κ3) is 4.07. The van der Waals surface area contributed by atoms with Gasteiger partial charge in [0.1, 0.15) is 6.23 Å². The molecule has 0 fully saturated rings. The Bertz CT molecular complexity index is 730. The summed E-state index contributed by atoms with van der Waals surface area (Å²) in [5.41, 5.74) is 0.897. The van der Waals surface area contributed by atoms with Gasteiger partial charge in [0.05, 0.1) is 11.1 Å². The van der Waals surface area contributed by atoms with Gasteiger partial charge in [0.25, 0.3) is 0 Å². The van der Waals surface area contributed by atoms with Crippen LogP contribution in [-0.2, 0) is 6.54 Å². The van der Waals surface area contributed by atoms with Crippen LogP contribution in [0.3, 0.4) is 0 Å². The Labute approximate surface area is 137 Å². The molecule has 1 unspecified atom stereocenters. The third-order valence-electron chi connectivity index (χ3n) is 3.26. The zero-order valence-electron chi connectivity index (χ0n) is 11.9. The number of aliphatic hydroxyl groups is 1. The highest BCUT2D eigenvalue weighted by Gasteiger charge is 2.19. The number of hydrogen-bond acceptors (Lipinski definition) is 4. The molecule has 0 radical (unpaired) electrons. The largest absolute Gasteiger partial charge is 0.478 e. The number of rotatable bonds is 6. The Balaban J connectivity index is 2.12. The molecule has 0 aliphatic rings. The Morgan fingerprint density at radius 2 is 1.70 bits per heavy atom. The number of nitrogens with one attached hydrogen (secondary N) is 1. The maximum Gasteiger partial charge on any atom is 0.336 e. The summed E-state index contributed by atoms with van der Waals surface area (Å²) in [6, 6.07) is 10.5. The van der Waals surface area contributed by atoms with Crippen molar-refractivity contribution in [3.8, 4) is 0 Å². The molecule has 0 amide bonds. The quantitative estimate of drug-likeness (QED) is 0.604. The number of hydrogen-bond donors (Lipinski definition) is 4. The first-order chi connectivity index (χ1) is 10.9. The van der Waals surface area contributed by atoms with E-state index in [0.717, 1.165) is 5.56 Å². The summed E-state index contributed by atoms with van der Waals surface area (Å²) in [6.07, 6.45) is -1.27. The molecule has 0 spiro atoms. The molecule has 2 aromatic carbocycles. The molecule has 0 saturated heterocycles. The van der Waals surface area contributed by atoms with Crippen LogP contribution in [0.25, 0.3) is 0 Å². The number of aliphatic hydroxyl groups excluding tert-OH is 1. The maximum atomic E-state index is 11.2. The molecule has 4 N–H and O–H groups in total. The van der Waals surface area contributed by atoms with E-state index in [-0.39, 0.29) is 28.3 Å². The molecule has 7 heteroatoms. The molecule has 6 nitrogen and oxygen atoms in total. The van der Waals surface area contributed by atoms with Gasteiger partial charge in [-0.25, -0.2) is 9.59 Å². The van der Waals surface area contributed by atoms with Crippen LogP contribution in [0.4, 0.5) is 0 Å². The number of carboxylic acids is 2. The Hall–Kier alpha value is -2.41. The predicted molar refractivity (Wildman–Crippen MR) is 83.6 cm³/mol. The van der Waals surface area contributed by atoms with Crippen molar-refractivity contribution in [2.75, 3.05) is 0 Å². The lowest BCUT2D eigenvalue weighted by Crippen LogP contribution is -2.23. The van der Waals surface area contributed by atoms with E-state index >= 15 is 0 Å². The minimum absolute atomic E-state index is 0.0845. The van der Waals surface area contributed by atoms with Crippen molar-refractivity contribution in [1.29, 1.82) is 0 Å². The lowest BCUT2D eigenvalue weighted by atomic mass is 10.1. The second-order valence-corrected chi connectivity index (χ2v) is 5.20. The molecule has 23 heavy (non-hydrogen) atoms. The van der Waals surface area contributed by atoms with E-state index in [0.29, 0.717) is 0 Å². The average molecular weight is 336 g/mol. The summed E-state index contributed by atoms with van der Waals surface area (Å²) in [5, 5.41) is 31.1. The second kappa shape index (κ2) is 7.23. The minimum Gasteiger partial charge on any atom is -0.478 e. The lowest BCUT2D eigenvalue weighted by molar-refractivity contribution is 0.0679. The normalized spacial score (nSPS) is 11.9. The fourth-order valence-corrected chi connectivity index (χ4v) is 2.36. The third-order valence-corrected chi connectivity index (χ3v) is 3.59. The predicted octanol–water partition coefficient (Wildman–Crippen LogP) is 2.52. The van der Waals surface area contributed by atoms with Gasteiger partial charge in [0.15, 0.2) is 0 Å². The topological polar surface area (TPSA) is 107 Å². The van der Waals surface area contributed by atoms with Crippen LogP contribution in [0.2, 0.25) is 5.02 Å². The van der Waals surface area contributed by atoms with Gasteiger partial charge in [-0.1, -0.05) is 29.8 Å². The molecule has 1 atom stereocenters. The summed E-state index contributed by atoms with van der Waals surface area (Å²) in [4.78, 5) is 22.0.